The van der Waals surface area contributed by atoms with Crippen molar-refractivity contribution in [1.82, 2.24) is 0 Å². The van der Waals surface area contributed by atoms with Crippen molar-refractivity contribution in [2.45, 2.75) is 91.9 Å². The number of fused-ring (bicyclic) bond motifs is 1. The minimum absolute atomic E-state index is 0.949. The lowest BCUT2D eigenvalue weighted by atomic mass is 9.81. The minimum atomic E-state index is 0.949. The van der Waals surface area contributed by atoms with Gasteiger partial charge in [0.2, 0.25) is 0 Å². The molecule has 0 heterocycles. The standard InChI is InChI=1S/C32H38.C8H10/c1-6-12-23(3)31-28(20-22(2)19-26-13-8-7-9-14-26)21-24(4)32(31)30-18-17-27-15-10-11-16-29(27)25(30)5;1-2-8-6-4-3-5-7-8/h7-9,13-14,17-18H,2-3,6,10-12,15-16,19-21H2,1,4-5H3;3-7H,2H2,1H3. The maximum Gasteiger partial charge on any atom is -0.00666 e. The zero-order valence-electron chi connectivity index (χ0n) is 25.4. The van der Waals surface area contributed by atoms with Crippen LogP contribution in [0.25, 0.3) is 5.57 Å². The van der Waals surface area contributed by atoms with Crippen molar-refractivity contribution in [3.05, 3.63) is 147 Å². The minimum Gasteiger partial charge on any atom is -0.0992 e. The molecule has 0 atom stereocenters. The van der Waals surface area contributed by atoms with Gasteiger partial charge in [0.05, 0.1) is 0 Å². The summed E-state index contributed by atoms with van der Waals surface area (Å²) in [6.07, 6.45) is 11.4. The SMILES string of the molecule is C=C(CC1=C(C(=C)CCC)C(c2ccc3c(c2C)CCCC3)=C(C)C1)Cc1ccccc1.CCc1ccccc1. The van der Waals surface area contributed by atoms with Gasteiger partial charge in [-0.15, -0.1) is 0 Å². The molecule has 0 fully saturated rings. The monoisotopic (exact) mass is 528 g/mol. The van der Waals surface area contributed by atoms with Crippen molar-refractivity contribution in [1.29, 1.82) is 0 Å². The molecule has 0 aliphatic heterocycles. The Bertz CT molecular complexity index is 1380. The van der Waals surface area contributed by atoms with Crippen molar-refractivity contribution in [2.75, 3.05) is 0 Å². The number of hydrogen-bond donors (Lipinski definition) is 0. The number of hydrogen-bond acceptors (Lipinski definition) is 0. The van der Waals surface area contributed by atoms with E-state index in [-0.39, 0.29) is 0 Å². The second-order valence-corrected chi connectivity index (χ2v) is 11.7. The van der Waals surface area contributed by atoms with Gasteiger partial charge in [-0.3, -0.25) is 0 Å². The fourth-order valence-corrected chi connectivity index (χ4v) is 6.50. The smallest absolute Gasteiger partial charge is 0.00666 e. The van der Waals surface area contributed by atoms with Crippen LogP contribution in [-0.2, 0) is 25.7 Å². The predicted octanol–water partition coefficient (Wildman–Crippen LogP) is 11.1. The summed E-state index contributed by atoms with van der Waals surface area (Å²) < 4.78 is 0. The summed E-state index contributed by atoms with van der Waals surface area (Å²) in [4.78, 5) is 0. The van der Waals surface area contributed by atoms with Crippen molar-refractivity contribution in [2.24, 2.45) is 0 Å². The Labute approximate surface area is 244 Å². The van der Waals surface area contributed by atoms with Gasteiger partial charge in [0.1, 0.15) is 0 Å². The van der Waals surface area contributed by atoms with Crippen LogP contribution in [0.15, 0.2) is 114 Å². The zero-order chi connectivity index (χ0) is 28.5. The van der Waals surface area contributed by atoms with E-state index in [2.05, 4.69) is 108 Å². The van der Waals surface area contributed by atoms with E-state index in [1.807, 2.05) is 6.07 Å². The van der Waals surface area contributed by atoms with Crippen LogP contribution in [0.5, 0.6) is 0 Å². The van der Waals surface area contributed by atoms with Crippen LogP contribution < -0.4 is 0 Å². The van der Waals surface area contributed by atoms with Gasteiger partial charge in [0, 0.05) is 0 Å². The zero-order valence-corrected chi connectivity index (χ0v) is 25.4. The molecule has 0 unspecified atom stereocenters. The summed E-state index contributed by atoms with van der Waals surface area (Å²) in [6.45, 7) is 18.2. The van der Waals surface area contributed by atoms with Gasteiger partial charge >= 0.3 is 0 Å². The molecular weight excluding hydrogens is 480 g/mol. The number of allylic oxidation sites excluding steroid dienone is 6. The Morgan fingerprint density at radius 1 is 0.750 bits per heavy atom. The van der Waals surface area contributed by atoms with Crippen molar-refractivity contribution in [3.8, 4) is 0 Å². The Kier molecular flexibility index (Phi) is 10.6. The fourth-order valence-electron chi connectivity index (χ4n) is 6.50. The molecule has 0 radical (unpaired) electrons. The van der Waals surface area contributed by atoms with E-state index in [0.29, 0.717) is 0 Å². The number of rotatable bonds is 9. The second-order valence-electron chi connectivity index (χ2n) is 11.7. The lowest BCUT2D eigenvalue weighted by Crippen LogP contribution is -2.07. The molecule has 0 saturated carbocycles. The molecule has 0 nitrogen and oxygen atoms in total. The van der Waals surface area contributed by atoms with Crippen LogP contribution in [0.1, 0.15) is 92.7 Å². The molecule has 0 saturated heterocycles. The second kappa shape index (κ2) is 14.3. The van der Waals surface area contributed by atoms with Crippen molar-refractivity contribution in [3.63, 3.8) is 0 Å². The van der Waals surface area contributed by atoms with E-state index < -0.39 is 0 Å². The Morgan fingerprint density at radius 3 is 2.02 bits per heavy atom. The van der Waals surface area contributed by atoms with E-state index in [0.717, 1.165) is 38.5 Å². The van der Waals surface area contributed by atoms with E-state index in [1.165, 1.54) is 81.4 Å². The van der Waals surface area contributed by atoms with Crippen LogP contribution in [0.2, 0.25) is 0 Å². The molecule has 0 N–H and O–H groups in total. The summed E-state index contributed by atoms with van der Waals surface area (Å²) >= 11 is 0. The van der Waals surface area contributed by atoms with Crippen molar-refractivity contribution < 1.29 is 0 Å². The molecule has 0 amide bonds. The molecule has 40 heavy (non-hydrogen) atoms. The van der Waals surface area contributed by atoms with E-state index in [4.69, 9.17) is 0 Å². The van der Waals surface area contributed by atoms with Gasteiger partial charge in [-0.1, -0.05) is 123 Å². The average molecular weight is 529 g/mol. The highest BCUT2D eigenvalue weighted by atomic mass is 14.3. The number of aryl methyl sites for hydroxylation is 2. The number of benzene rings is 3. The maximum atomic E-state index is 4.57. The lowest BCUT2D eigenvalue weighted by Gasteiger charge is -2.23. The van der Waals surface area contributed by atoms with Crippen LogP contribution in [0.4, 0.5) is 0 Å². The summed E-state index contributed by atoms with van der Waals surface area (Å²) in [6, 6.07) is 26.0. The molecule has 0 aromatic heterocycles. The van der Waals surface area contributed by atoms with Gasteiger partial charge in [-0.05, 0) is 122 Å². The van der Waals surface area contributed by atoms with Gasteiger partial charge in [-0.25, -0.2) is 0 Å². The summed E-state index contributed by atoms with van der Waals surface area (Å²) in [5.41, 5.74) is 17.4. The molecule has 0 spiro atoms. The third-order valence-corrected chi connectivity index (χ3v) is 8.51. The summed E-state index contributed by atoms with van der Waals surface area (Å²) in [5.74, 6) is 0. The van der Waals surface area contributed by atoms with Crippen molar-refractivity contribution >= 4 is 5.57 Å². The highest BCUT2D eigenvalue weighted by molar-refractivity contribution is 5.91. The van der Waals surface area contributed by atoms with E-state index in [1.54, 1.807) is 11.1 Å². The first-order valence-corrected chi connectivity index (χ1v) is 15.4. The van der Waals surface area contributed by atoms with Gasteiger partial charge in [-0.2, -0.15) is 0 Å². The summed E-state index contributed by atoms with van der Waals surface area (Å²) in [7, 11) is 0. The predicted molar refractivity (Wildman–Crippen MR) is 176 cm³/mol. The Morgan fingerprint density at radius 2 is 1.40 bits per heavy atom. The molecule has 3 aromatic rings. The van der Waals surface area contributed by atoms with Crippen LogP contribution >= 0.6 is 0 Å². The average Bonchev–Trinajstić information content (AvgIpc) is 3.29. The molecule has 208 valence electrons. The van der Waals surface area contributed by atoms with Crippen LogP contribution in [-0.4, -0.2) is 0 Å². The first-order valence-electron chi connectivity index (χ1n) is 15.4. The fraction of sp³-hybridized carbons (Fsp3) is 0.350. The van der Waals surface area contributed by atoms with Crippen LogP contribution in [0, 0.1) is 6.92 Å². The van der Waals surface area contributed by atoms with Gasteiger partial charge in [0.15, 0.2) is 0 Å². The highest BCUT2D eigenvalue weighted by Gasteiger charge is 2.27. The topological polar surface area (TPSA) is 0 Å². The molecular formula is C40H48. The van der Waals surface area contributed by atoms with E-state index in [9.17, 15) is 0 Å². The lowest BCUT2D eigenvalue weighted by molar-refractivity contribution is 0.681. The summed E-state index contributed by atoms with van der Waals surface area (Å²) in [5, 5.41) is 0. The first kappa shape index (κ1) is 29.6. The molecule has 3 aromatic carbocycles. The van der Waals surface area contributed by atoms with Gasteiger partial charge < -0.3 is 0 Å². The van der Waals surface area contributed by atoms with Gasteiger partial charge in [0.25, 0.3) is 0 Å². The molecule has 5 rings (SSSR count). The van der Waals surface area contributed by atoms with E-state index >= 15 is 0 Å². The normalized spacial score (nSPS) is 14.5. The third kappa shape index (κ3) is 7.22. The highest BCUT2D eigenvalue weighted by Crippen LogP contribution is 2.46. The Balaban J connectivity index is 0.000000398. The maximum absolute atomic E-state index is 4.57. The Hall–Kier alpha value is -3.38. The molecule has 2 aliphatic rings. The molecule has 0 heteroatoms. The quantitative estimate of drug-likeness (QED) is 0.242. The first-order chi connectivity index (χ1) is 19.4. The molecule has 2 aliphatic carbocycles. The third-order valence-electron chi connectivity index (χ3n) is 8.51. The molecule has 0 bridgehead atoms. The van der Waals surface area contributed by atoms with Crippen LogP contribution in [0.3, 0.4) is 0 Å². The largest absolute Gasteiger partial charge is 0.0992 e.